The van der Waals surface area contributed by atoms with Gasteiger partial charge in [-0.25, -0.2) is 0 Å². The Morgan fingerprint density at radius 2 is 2.00 bits per heavy atom. The van der Waals surface area contributed by atoms with Crippen molar-refractivity contribution in [1.82, 2.24) is 0 Å². The topological polar surface area (TPSA) is 17.1 Å². The van der Waals surface area contributed by atoms with Crippen LogP contribution in [-0.4, -0.2) is 5.78 Å². The summed E-state index contributed by atoms with van der Waals surface area (Å²) >= 11 is 0. The van der Waals surface area contributed by atoms with Gasteiger partial charge in [-0.15, -0.1) is 0 Å². The molecule has 3 aliphatic carbocycles. The lowest BCUT2D eigenvalue weighted by Crippen LogP contribution is -2.30. The van der Waals surface area contributed by atoms with Gasteiger partial charge >= 0.3 is 0 Å². The molecule has 3 aliphatic rings. The average Bonchev–Trinajstić information content (AvgIpc) is 2.30. The highest BCUT2D eigenvalue weighted by Gasteiger charge is 2.37. The molecule has 0 aromatic carbocycles. The Labute approximate surface area is 68.2 Å². The summed E-state index contributed by atoms with van der Waals surface area (Å²) in [6.07, 6.45) is 6.29. The summed E-state index contributed by atoms with van der Waals surface area (Å²) in [4.78, 5) is 11.6. The van der Waals surface area contributed by atoms with E-state index in [1.807, 2.05) is 0 Å². The lowest BCUT2D eigenvalue weighted by atomic mass is 9.75. The van der Waals surface area contributed by atoms with E-state index in [9.17, 15) is 4.79 Å². The Balaban J connectivity index is 2.21. The molecule has 0 radical (unpaired) electrons. The number of fused-ring (bicyclic) bond motifs is 4. The van der Waals surface area contributed by atoms with Gasteiger partial charge < -0.3 is 0 Å². The van der Waals surface area contributed by atoms with Crippen molar-refractivity contribution in [2.45, 2.75) is 39.0 Å². The molecule has 0 aromatic heterocycles. The predicted molar refractivity (Wildman–Crippen MR) is 44.2 cm³/mol. The van der Waals surface area contributed by atoms with Gasteiger partial charge in [-0.05, 0) is 31.6 Å². The third kappa shape index (κ3) is 1.11. The molecular weight excluding hydrogens is 136 g/mol. The van der Waals surface area contributed by atoms with Crippen LogP contribution in [0.4, 0.5) is 0 Å². The summed E-state index contributed by atoms with van der Waals surface area (Å²) in [6.45, 7) is 2.13. The Hall–Kier alpha value is -0.330. The highest BCUT2D eigenvalue weighted by atomic mass is 16.1. The van der Waals surface area contributed by atoms with E-state index in [-0.39, 0.29) is 0 Å². The van der Waals surface area contributed by atoms with E-state index in [1.54, 1.807) is 0 Å². The maximum absolute atomic E-state index is 11.6. The number of Topliss-reactive ketones (excluding diaryl/α,β-unsaturated/α-hetero) is 1. The lowest BCUT2D eigenvalue weighted by molar-refractivity contribution is -0.129. The molecule has 3 atom stereocenters. The summed E-state index contributed by atoms with van der Waals surface area (Å²) in [5.74, 6) is 2.14. The minimum atomic E-state index is 0.385. The molecule has 0 amide bonds. The molecule has 11 heavy (non-hydrogen) atoms. The van der Waals surface area contributed by atoms with Crippen LogP contribution >= 0.6 is 0 Å². The van der Waals surface area contributed by atoms with Gasteiger partial charge in [0.15, 0.2) is 0 Å². The van der Waals surface area contributed by atoms with E-state index in [1.165, 1.54) is 32.1 Å². The second-order valence-electron chi connectivity index (χ2n) is 4.16. The molecule has 0 aliphatic heterocycles. The molecule has 2 bridgehead atoms. The molecule has 1 heteroatoms. The highest BCUT2D eigenvalue weighted by molar-refractivity contribution is 5.84. The van der Waals surface area contributed by atoms with Crippen LogP contribution in [0.15, 0.2) is 0 Å². The third-order valence-corrected chi connectivity index (χ3v) is 3.57. The van der Waals surface area contributed by atoms with E-state index in [0.29, 0.717) is 17.6 Å². The van der Waals surface area contributed by atoms with Crippen molar-refractivity contribution >= 4 is 5.78 Å². The van der Waals surface area contributed by atoms with Crippen LogP contribution in [0, 0.1) is 17.8 Å². The first kappa shape index (κ1) is 7.33. The van der Waals surface area contributed by atoms with E-state index < -0.39 is 0 Å². The zero-order valence-electron chi connectivity index (χ0n) is 7.18. The Morgan fingerprint density at radius 3 is 2.82 bits per heavy atom. The van der Waals surface area contributed by atoms with E-state index in [0.717, 1.165) is 5.92 Å². The van der Waals surface area contributed by atoms with Crippen LogP contribution in [-0.2, 0) is 4.79 Å². The lowest BCUT2D eigenvalue weighted by Gasteiger charge is -2.28. The quantitative estimate of drug-likeness (QED) is 0.521. The molecule has 3 saturated carbocycles. The summed E-state index contributed by atoms with van der Waals surface area (Å²) in [6, 6.07) is 0. The van der Waals surface area contributed by atoms with E-state index >= 15 is 0 Å². The molecular formula is C10H16O. The van der Waals surface area contributed by atoms with Crippen molar-refractivity contribution in [2.75, 3.05) is 0 Å². The molecule has 1 nitrogen and oxygen atoms in total. The SMILES string of the molecule is C[C@H]1C(=O)[C@@H]2CCC[C@H]1CC2. The Bertz CT molecular complexity index is 166. The minimum absolute atomic E-state index is 0.385. The minimum Gasteiger partial charge on any atom is -0.299 e. The van der Waals surface area contributed by atoms with Crippen molar-refractivity contribution in [2.24, 2.45) is 17.8 Å². The maximum Gasteiger partial charge on any atom is 0.139 e. The molecule has 3 rings (SSSR count). The van der Waals surface area contributed by atoms with Gasteiger partial charge in [0.05, 0.1) is 0 Å². The zero-order chi connectivity index (χ0) is 7.84. The largest absolute Gasteiger partial charge is 0.299 e. The summed E-state index contributed by atoms with van der Waals surface area (Å²) in [5.41, 5.74) is 0. The fourth-order valence-corrected chi connectivity index (χ4v) is 2.72. The van der Waals surface area contributed by atoms with Crippen LogP contribution < -0.4 is 0 Å². The van der Waals surface area contributed by atoms with Crippen molar-refractivity contribution in [3.05, 3.63) is 0 Å². The third-order valence-electron chi connectivity index (χ3n) is 3.57. The standard InChI is InChI=1S/C10H16O/c1-7-8-3-2-4-9(6-5-8)10(7)11/h7-9H,2-6H2,1H3/t7-,8+,9-/m1/s1. The van der Waals surface area contributed by atoms with Gasteiger partial charge in [-0.1, -0.05) is 13.3 Å². The second-order valence-corrected chi connectivity index (χ2v) is 4.16. The van der Waals surface area contributed by atoms with Crippen LogP contribution in [0.3, 0.4) is 0 Å². The maximum atomic E-state index is 11.6. The van der Waals surface area contributed by atoms with E-state index in [4.69, 9.17) is 0 Å². The Kier molecular flexibility index (Phi) is 1.74. The van der Waals surface area contributed by atoms with Crippen LogP contribution in [0.1, 0.15) is 39.0 Å². The van der Waals surface area contributed by atoms with Gasteiger partial charge in [-0.2, -0.15) is 0 Å². The Morgan fingerprint density at radius 1 is 1.18 bits per heavy atom. The van der Waals surface area contributed by atoms with Crippen molar-refractivity contribution in [1.29, 1.82) is 0 Å². The predicted octanol–water partition coefficient (Wildman–Crippen LogP) is 2.40. The van der Waals surface area contributed by atoms with Crippen molar-refractivity contribution in [3.63, 3.8) is 0 Å². The molecule has 0 aromatic rings. The van der Waals surface area contributed by atoms with Crippen LogP contribution in [0.5, 0.6) is 0 Å². The van der Waals surface area contributed by atoms with E-state index in [2.05, 4.69) is 6.92 Å². The number of carbonyl (C=O) groups excluding carboxylic acids is 1. The van der Waals surface area contributed by atoms with Crippen LogP contribution in [0.25, 0.3) is 0 Å². The van der Waals surface area contributed by atoms with Gasteiger partial charge in [0.25, 0.3) is 0 Å². The molecule has 0 heterocycles. The molecule has 62 valence electrons. The number of hydrogen-bond donors (Lipinski definition) is 0. The number of carbonyl (C=O) groups is 1. The normalized spacial score (nSPS) is 44.1. The van der Waals surface area contributed by atoms with Crippen molar-refractivity contribution in [3.8, 4) is 0 Å². The first-order valence-electron chi connectivity index (χ1n) is 4.83. The first-order valence-corrected chi connectivity index (χ1v) is 4.83. The summed E-state index contributed by atoms with van der Waals surface area (Å²) < 4.78 is 0. The number of hydrogen-bond acceptors (Lipinski definition) is 1. The smallest absolute Gasteiger partial charge is 0.139 e. The second kappa shape index (κ2) is 2.62. The molecule has 0 spiro atoms. The molecule has 0 saturated heterocycles. The number of ketones is 1. The van der Waals surface area contributed by atoms with Gasteiger partial charge in [0.2, 0.25) is 0 Å². The summed E-state index contributed by atoms with van der Waals surface area (Å²) in [7, 11) is 0. The summed E-state index contributed by atoms with van der Waals surface area (Å²) in [5, 5.41) is 0. The molecule has 0 unspecified atom stereocenters. The fourth-order valence-electron chi connectivity index (χ4n) is 2.72. The number of rotatable bonds is 0. The van der Waals surface area contributed by atoms with Crippen LogP contribution in [0.2, 0.25) is 0 Å². The van der Waals surface area contributed by atoms with Crippen molar-refractivity contribution < 1.29 is 4.79 Å². The van der Waals surface area contributed by atoms with Gasteiger partial charge in [0.1, 0.15) is 5.78 Å². The zero-order valence-corrected chi connectivity index (χ0v) is 7.18. The first-order chi connectivity index (χ1) is 5.29. The molecule has 0 N–H and O–H groups in total. The van der Waals surface area contributed by atoms with Gasteiger partial charge in [0, 0.05) is 11.8 Å². The average molecular weight is 152 g/mol. The fraction of sp³-hybridized carbons (Fsp3) is 0.900. The highest BCUT2D eigenvalue weighted by Crippen LogP contribution is 2.40. The molecule has 3 fully saturated rings. The monoisotopic (exact) mass is 152 g/mol. The van der Waals surface area contributed by atoms with Gasteiger partial charge in [-0.3, -0.25) is 4.79 Å².